The maximum Gasteiger partial charge on any atom is 0.265 e. The van der Waals surface area contributed by atoms with Crippen molar-refractivity contribution in [3.05, 3.63) is 75.3 Å². The summed E-state index contributed by atoms with van der Waals surface area (Å²) in [6.07, 6.45) is 1.01. The van der Waals surface area contributed by atoms with Gasteiger partial charge in [-0.15, -0.1) is 11.3 Å². The molecule has 0 bridgehead atoms. The Labute approximate surface area is 163 Å². The van der Waals surface area contributed by atoms with Crippen LogP contribution >= 0.6 is 22.9 Å². The molecule has 0 aliphatic rings. The highest BCUT2D eigenvalue weighted by molar-refractivity contribution is 7.17. The number of thiazole rings is 1. The Balaban J connectivity index is 1.79. The van der Waals surface area contributed by atoms with Gasteiger partial charge < -0.3 is 4.90 Å². The highest BCUT2D eigenvalue weighted by Gasteiger charge is 2.20. The minimum absolute atomic E-state index is 0.0172. The van der Waals surface area contributed by atoms with Crippen molar-refractivity contribution in [1.82, 2.24) is 9.88 Å². The Hall–Kier alpha value is -2.17. The predicted molar refractivity (Wildman–Crippen MR) is 109 cm³/mol. The van der Waals surface area contributed by atoms with Gasteiger partial charge in [0.2, 0.25) is 0 Å². The number of hydrogen-bond acceptors (Lipinski definition) is 3. The minimum Gasteiger partial charge on any atom is -0.337 e. The fourth-order valence-corrected chi connectivity index (χ4v) is 4.03. The smallest absolute Gasteiger partial charge is 0.265 e. The highest BCUT2D eigenvalue weighted by Crippen LogP contribution is 2.29. The van der Waals surface area contributed by atoms with Crippen LogP contribution in [-0.4, -0.2) is 22.8 Å². The molecule has 0 aliphatic heterocycles. The van der Waals surface area contributed by atoms with Crippen molar-refractivity contribution in [2.45, 2.75) is 26.8 Å². The maximum atomic E-state index is 12.9. The van der Waals surface area contributed by atoms with Crippen LogP contribution in [0.25, 0.3) is 10.6 Å². The van der Waals surface area contributed by atoms with Gasteiger partial charge in [-0.05, 0) is 36.6 Å². The summed E-state index contributed by atoms with van der Waals surface area (Å²) < 4.78 is 0. The summed E-state index contributed by atoms with van der Waals surface area (Å²) in [6.45, 7) is 4.53. The summed E-state index contributed by atoms with van der Waals surface area (Å²) in [5.74, 6) is -0.0172. The number of benzene rings is 2. The van der Waals surface area contributed by atoms with E-state index in [1.165, 1.54) is 16.9 Å². The fraction of sp³-hybridized carbons (Fsp3) is 0.238. The molecule has 0 saturated heterocycles. The Morgan fingerprint density at radius 2 is 1.88 bits per heavy atom. The molecule has 0 unspecified atom stereocenters. The van der Waals surface area contributed by atoms with Crippen molar-refractivity contribution in [3.8, 4) is 10.6 Å². The van der Waals surface area contributed by atoms with E-state index in [9.17, 15) is 4.79 Å². The molecule has 134 valence electrons. The molecule has 5 heteroatoms. The van der Waals surface area contributed by atoms with Gasteiger partial charge >= 0.3 is 0 Å². The molecular formula is C21H21ClN2OS. The van der Waals surface area contributed by atoms with Gasteiger partial charge in [-0.2, -0.15) is 0 Å². The summed E-state index contributed by atoms with van der Waals surface area (Å²) >= 11 is 7.48. The Kier molecular flexibility index (Phi) is 5.74. The number of halogens is 1. The van der Waals surface area contributed by atoms with Crippen LogP contribution in [0.3, 0.4) is 0 Å². The van der Waals surface area contributed by atoms with Gasteiger partial charge in [0, 0.05) is 24.2 Å². The second-order valence-corrected chi connectivity index (χ2v) is 7.71. The van der Waals surface area contributed by atoms with Crippen LogP contribution in [0.5, 0.6) is 0 Å². The standard InChI is InChI=1S/C21H21ClN2OS/c1-4-15-8-10-17(11-9-15)20-23-14(2)19(26-20)21(25)24(3)13-16-6-5-7-18(22)12-16/h5-12H,4,13H2,1-3H3. The minimum atomic E-state index is -0.0172. The molecule has 1 aromatic heterocycles. The highest BCUT2D eigenvalue weighted by atomic mass is 35.5. The van der Waals surface area contributed by atoms with E-state index in [4.69, 9.17) is 11.6 Å². The van der Waals surface area contributed by atoms with Crippen LogP contribution in [0.2, 0.25) is 5.02 Å². The zero-order valence-corrected chi connectivity index (χ0v) is 16.7. The number of carbonyl (C=O) groups excluding carboxylic acids is 1. The van der Waals surface area contributed by atoms with Gasteiger partial charge in [0.15, 0.2) is 0 Å². The maximum absolute atomic E-state index is 12.9. The predicted octanol–water partition coefficient (Wildman–Crippen LogP) is 5.61. The second-order valence-electron chi connectivity index (χ2n) is 6.28. The molecule has 0 saturated carbocycles. The normalized spacial score (nSPS) is 10.8. The third-order valence-electron chi connectivity index (χ3n) is 4.26. The van der Waals surface area contributed by atoms with Crippen LogP contribution in [0.1, 0.15) is 33.4 Å². The first-order valence-corrected chi connectivity index (χ1v) is 9.74. The monoisotopic (exact) mass is 384 g/mol. The lowest BCUT2D eigenvalue weighted by Gasteiger charge is -2.16. The van der Waals surface area contributed by atoms with E-state index in [-0.39, 0.29) is 5.91 Å². The largest absolute Gasteiger partial charge is 0.337 e. The molecule has 1 heterocycles. The van der Waals surface area contributed by atoms with Gasteiger partial charge in [0.25, 0.3) is 5.91 Å². The van der Waals surface area contributed by atoms with Gasteiger partial charge in [-0.3, -0.25) is 4.79 Å². The molecule has 0 spiro atoms. The summed E-state index contributed by atoms with van der Waals surface area (Å²) in [4.78, 5) is 19.9. The fourth-order valence-electron chi connectivity index (χ4n) is 2.76. The van der Waals surface area contributed by atoms with E-state index in [1.54, 1.807) is 11.9 Å². The zero-order chi connectivity index (χ0) is 18.7. The molecule has 0 N–H and O–H groups in total. The number of hydrogen-bond donors (Lipinski definition) is 0. The Bertz CT molecular complexity index is 918. The lowest BCUT2D eigenvalue weighted by Crippen LogP contribution is -2.26. The molecule has 3 aromatic rings. The van der Waals surface area contributed by atoms with Gasteiger partial charge in [-0.1, -0.05) is 54.9 Å². The van der Waals surface area contributed by atoms with Crippen molar-refractivity contribution in [3.63, 3.8) is 0 Å². The lowest BCUT2D eigenvalue weighted by atomic mass is 10.1. The molecule has 0 aliphatic carbocycles. The van der Waals surface area contributed by atoms with Gasteiger partial charge in [0.1, 0.15) is 9.88 Å². The molecule has 0 atom stereocenters. The number of aromatic nitrogens is 1. The molecule has 1 amide bonds. The summed E-state index contributed by atoms with van der Waals surface area (Å²) in [5, 5.41) is 1.56. The van der Waals surface area contributed by atoms with Gasteiger partial charge in [-0.25, -0.2) is 4.98 Å². The Morgan fingerprint density at radius 1 is 1.15 bits per heavy atom. The number of nitrogens with zero attached hydrogens (tertiary/aromatic N) is 2. The van der Waals surface area contributed by atoms with Crippen LogP contribution in [-0.2, 0) is 13.0 Å². The first-order chi connectivity index (χ1) is 12.5. The molecule has 3 nitrogen and oxygen atoms in total. The number of rotatable bonds is 5. The van der Waals surface area contributed by atoms with Crippen LogP contribution < -0.4 is 0 Å². The van der Waals surface area contributed by atoms with Crippen LogP contribution in [0.4, 0.5) is 0 Å². The van der Waals surface area contributed by atoms with E-state index in [1.807, 2.05) is 31.2 Å². The van der Waals surface area contributed by atoms with E-state index in [2.05, 4.69) is 36.2 Å². The molecule has 3 rings (SSSR count). The van der Waals surface area contributed by atoms with E-state index in [0.29, 0.717) is 16.4 Å². The zero-order valence-electron chi connectivity index (χ0n) is 15.1. The van der Waals surface area contributed by atoms with Crippen LogP contribution in [0, 0.1) is 6.92 Å². The average molecular weight is 385 g/mol. The van der Waals surface area contributed by atoms with Gasteiger partial charge in [0.05, 0.1) is 5.69 Å². The van der Waals surface area contributed by atoms with Crippen molar-refractivity contribution in [2.24, 2.45) is 0 Å². The topological polar surface area (TPSA) is 33.2 Å². The lowest BCUT2D eigenvalue weighted by molar-refractivity contribution is 0.0789. The van der Waals surface area contributed by atoms with Crippen molar-refractivity contribution < 1.29 is 4.79 Å². The number of aryl methyl sites for hydroxylation is 2. The van der Waals surface area contributed by atoms with E-state index in [0.717, 1.165) is 28.2 Å². The molecular weight excluding hydrogens is 364 g/mol. The van der Waals surface area contributed by atoms with Crippen molar-refractivity contribution >= 4 is 28.8 Å². The Morgan fingerprint density at radius 3 is 2.54 bits per heavy atom. The molecule has 0 radical (unpaired) electrons. The van der Waals surface area contributed by atoms with Crippen molar-refractivity contribution in [2.75, 3.05) is 7.05 Å². The number of carbonyl (C=O) groups is 1. The third kappa shape index (κ3) is 4.14. The van der Waals surface area contributed by atoms with Crippen molar-refractivity contribution in [1.29, 1.82) is 0 Å². The first kappa shape index (κ1) is 18.6. The molecule has 26 heavy (non-hydrogen) atoms. The number of amides is 1. The summed E-state index contributed by atoms with van der Waals surface area (Å²) in [7, 11) is 1.80. The SMILES string of the molecule is CCc1ccc(-c2nc(C)c(C(=O)N(C)Cc3cccc(Cl)c3)s2)cc1. The average Bonchev–Trinajstić information content (AvgIpc) is 3.03. The van der Waals surface area contributed by atoms with Crippen LogP contribution in [0.15, 0.2) is 48.5 Å². The second kappa shape index (κ2) is 8.02. The third-order valence-corrected chi connectivity index (χ3v) is 5.69. The van der Waals surface area contributed by atoms with E-state index >= 15 is 0 Å². The summed E-state index contributed by atoms with van der Waals surface area (Å²) in [5.41, 5.74) is 4.12. The molecule has 0 fully saturated rings. The van der Waals surface area contributed by atoms with E-state index < -0.39 is 0 Å². The first-order valence-electron chi connectivity index (χ1n) is 8.54. The summed E-state index contributed by atoms with van der Waals surface area (Å²) in [6, 6.07) is 15.9. The quantitative estimate of drug-likeness (QED) is 0.573. The molecule has 2 aromatic carbocycles.